The van der Waals surface area contributed by atoms with Crippen molar-refractivity contribution < 1.29 is 4.74 Å². The minimum atomic E-state index is 0.475. The van der Waals surface area contributed by atoms with Crippen molar-refractivity contribution in [2.45, 2.75) is 38.3 Å². The van der Waals surface area contributed by atoms with Gasteiger partial charge in [0.1, 0.15) is 0 Å². The Morgan fingerprint density at radius 2 is 2.33 bits per heavy atom. The fraction of sp³-hybridized carbons (Fsp3) is 0.692. The number of rotatable bonds is 5. The minimum Gasteiger partial charge on any atom is -0.478 e. The summed E-state index contributed by atoms with van der Waals surface area (Å²) in [6.45, 7) is 4.91. The largest absolute Gasteiger partial charge is 0.478 e. The predicted octanol–water partition coefficient (Wildman–Crippen LogP) is 1.52. The van der Waals surface area contributed by atoms with Crippen molar-refractivity contribution in [3.8, 4) is 5.88 Å². The van der Waals surface area contributed by atoms with Gasteiger partial charge in [-0.05, 0) is 26.2 Å². The molecule has 1 aliphatic carbocycles. The summed E-state index contributed by atoms with van der Waals surface area (Å²) >= 11 is 0. The predicted molar refractivity (Wildman–Crippen MR) is 69.8 cm³/mol. The van der Waals surface area contributed by atoms with Gasteiger partial charge in [0.2, 0.25) is 11.8 Å². The second kappa shape index (κ2) is 5.10. The highest BCUT2D eigenvalue weighted by Gasteiger charge is 2.34. The van der Waals surface area contributed by atoms with Crippen LogP contribution in [0.2, 0.25) is 0 Å². The molecule has 1 saturated heterocycles. The Balaban J connectivity index is 1.57. The van der Waals surface area contributed by atoms with Gasteiger partial charge in [-0.25, -0.2) is 4.98 Å². The number of aromatic nitrogens is 2. The van der Waals surface area contributed by atoms with Crippen molar-refractivity contribution in [1.29, 1.82) is 0 Å². The van der Waals surface area contributed by atoms with E-state index in [1.165, 1.54) is 25.8 Å². The first-order chi connectivity index (χ1) is 8.85. The molecule has 2 aliphatic rings. The molecular weight excluding hydrogens is 228 g/mol. The van der Waals surface area contributed by atoms with Gasteiger partial charge in [0.25, 0.3) is 0 Å². The summed E-state index contributed by atoms with van der Waals surface area (Å²) in [6, 6.07) is 3.12. The maximum atomic E-state index is 5.38. The zero-order valence-electron chi connectivity index (χ0n) is 10.8. The quantitative estimate of drug-likeness (QED) is 0.856. The molecule has 2 fully saturated rings. The van der Waals surface area contributed by atoms with Crippen LogP contribution in [0.25, 0.3) is 0 Å². The molecule has 1 unspecified atom stereocenters. The summed E-state index contributed by atoms with van der Waals surface area (Å²) < 4.78 is 5.38. The third kappa shape index (κ3) is 2.72. The molecule has 1 aromatic heterocycles. The van der Waals surface area contributed by atoms with Crippen molar-refractivity contribution >= 4 is 5.95 Å². The molecule has 1 aromatic rings. The summed E-state index contributed by atoms with van der Waals surface area (Å²) in [5.74, 6) is 1.33. The Morgan fingerprint density at radius 1 is 1.44 bits per heavy atom. The van der Waals surface area contributed by atoms with Gasteiger partial charge in [0.15, 0.2) is 0 Å². The number of anilines is 1. The van der Waals surface area contributed by atoms with Crippen molar-refractivity contribution in [2.24, 2.45) is 0 Å². The fourth-order valence-electron chi connectivity index (χ4n) is 2.50. The lowest BCUT2D eigenvalue weighted by Crippen LogP contribution is -2.28. The Labute approximate surface area is 108 Å². The van der Waals surface area contributed by atoms with Crippen LogP contribution in [0.3, 0.4) is 0 Å². The fourth-order valence-corrected chi connectivity index (χ4v) is 2.50. The van der Waals surface area contributed by atoms with Gasteiger partial charge < -0.3 is 10.1 Å². The third-order valence-corrected chi connectivity index (χ3v) is 3.54. The van der Waals surface area contributed by atoms with Crippen LogP contribution < -0.4 is 10.1 Å². The summed E-state index contributed by atoms with van der Waals surface area (Å²) in [4.78, 5) is 11.2. The monoisotopic (exact) mass is 248 g/mol. The average Bonchev–Trinajstić information content (AvgIpc) is 3.12. The van der Waals surface area contributed by atoms with Crippen LogP contribution in [0.15, 0.2) is 12.3 Å². The zero-order valence-corrected chi connectivity index (χ0v) is 10.8. The molecule has 98 valence electrons. The maximum absolute atomic E-state index is 5.38. The summed E-state index contributed by atoms with van der Waals surface area (Å²) in [5, 5.41) is 3.41. The smallest absolute Gasteiger partial charge is 0.226 e. The van der Waals surface area contributed by atoms with Crippen LogP contribution in [-0.4, -0.2) is 46.6 Å². The Morgan fingerprint density at radius 3 is 3.11 bits per heavy atom. The topological polar surface area (TPSA) is 50.3 Å². The van der Waals surface area contributed by atoms with Gasteiger partial charge in [-0.1, -0.05) is 0 Å². The molecule has 0 aromatic carbocycles. The van der Waals surface area contributed by atoms with Gasteiger partial charge >= 0.3 is 0 Å². The molecule has 0 amide bonds. The van der Waals surface area contributed by atoms with Gasteiger partial charge in [-0.15, -0.1) is 0 Å². The van der Waals surface area contributed by atoms with E-state index in [-0.39, 0.29) is 0 Å². The van der Waals surface area contributed by atoms with Crippen molar-refractivity contribution in [3.05, 3.63) is 12.3 Å². The molecule has 0 spiro atoms. The zero-order chi connectivity index (χ0) is 12.4. The highest BCUT2D eigenvalue weighted by atomic mass is 16.5. The van der Waals surface area contributed by atoms with E-state index in [4.69, 9.17) is 4.74 Å². The highest BCUT2D eigenvalue weighted by molar-refractivity contribution is 5.29. The molecule has 1 N–H and O–H groups in total. The average molecular weight is 248 g/mol. The van der Waals surface area contributed by atoms with Crippen molar-refractivity contribution in [3.63, 3.8) is 0 Å². The second-order valence-corrected chi connectivity index (χ2v) is 5.01. The number of hydrogen-bond acceptors (Lipinski definition) is 5. The number of nitrogens with zero attached hydrogens (tertiary/aromatic N) is 3. The van der Waals surface area contributed by atoms with E-state index in [0.717, 1.165) is 12.6 Å². The van der Waals surface area contributed by atoms with Crippen LogP contribution >= 0.6 is 0 Å². The lowest BCUT2D eigenvalue weighted by Gasteiger charge is -2.15. The Kier molecular flexibility index (Phi) is 3.32. The van der Waals surface area contributed by atoms with Gasteiger partial charge in [-0.2, -0.15) is 4.98 Å². The molecule has 2 heterocycles. The molecule has 0 radical (unpaired) electrons. The molecule has 0 bridgehead atoms. The molecule has 5 nitrogen and oxygen atoms in total. The number of ether oxygens (including phenoxy) is 1. The number of hydrogen-bond donors (Lipinski definition) is 1. The molecule has 1 aliphatic heterocycles. The normalized spacial score (nSPS) is 24.2. The Bertz CT molecular complexity index is 408. The van der Waals surface area contributed by atoms with E-state index in [9.17, 15) is 0 Å². The van der Waals surface area contributed by atoms with Crippen LogP contribution in [0.5, 0.6) is 5.88 Å². The SMILES string of the molecule is CCOc1ccnc(NC2CCN(C3CC3)C2)n1. The third-order valence-electron chi connectivity index (χ3n) is 3.54. The van der Waals surface area contributed by atoms with Crippen LogP contribution in [0.1, 0.15) is 26.2 Å². The molecule has 1 atom stereocenters. The molecule has 5 heteroatoms. The lowest BCUT2D eigenvalue weighted by atomic mass is 10.3. The van der Waals surface area contributed by atoms with E-state index < -0.39 is 0 Å². The van der Waals surface area contributed by atoms with Crippen LogP contribution in [0, 0.1) is 0 Å². The second-order valence-electron chi connectivity index (χ2n) is 5.01. The maximum Gasteiger partial charge on any atom is 0.226 e. The van der Waals surface area contributed by atoms with E-state index in [1.807, 2.05) is 6.92 Å². The summed E-state index contributed by atoms with van der Waals surface area (Å²) in [7, 11) is 0. The number of likely N-dealkylation sites (tertiary alicyclic amines) is 1. The highest BCUT2D eigenvalue weighted by Crippen LogP contribution is 2.30. The first kappa shape index (κ1) is 11.7. The number of nitrogens with one attached hydrogen (secondary N) is 1. The Hall–Kier alpha value is -1.36. The summed E-state index contributed by atoms with van der Waals surface area (Å²) in [5.41, 5.74) is 0. The van der Waals surface area contributed by atoms with E-state index in [0.29, 0.717) is 24.5 Å². The molecular formula is C13H20N4O. The summed E-state index contributed by atoms with van der Waals surface area (Å²) in [6.07, 6.45) is 5.68. The van der Waals surface area contributed by atoms with Crippen molar-refractivity contribution in [2.75, 3.05) is 25.0 Å². The first-order valence-corrected chi connectivity index (χ1v) is 6.81. The first-order valence-electron chi connectivity index (χ1n) is 6.81. The van der Waals surface area contributed by atoms with Crippen LogP contribution in [0.4, 0.5) is 5.95 Å². The van der Waals surface area contributed by atoms with Crippen molar-refractivity contribution in [1.82, 2.24) is 14.9 Å². The standard InChI is InChI=1S/C13H20N4O/c1-2-18-12-5-7-14-13(16-12)15-10-6-8-17(9-10)11-3-4-11/h5,7,10-11H,2-4,6,8-9H2,1H3,(H,14,15,16). The van der Waals surface area contributed by atoms with E-state index >= 15 is 0 Å². The molecule has 1 saturated carbocycles. The molecule has 18 heavy (non-hydrogen) atoms. The van der Waals surface area contributed by atoms with Crippen LogP contribution in [-0.2, 0) is 0 Å². The van der Waals surface area contributed by atoms with E-state index in [2.05, 4.69) is 20.2 Å². The van der Waals surface area contributed by atoms with E-state index in [1.54, 1.807) is 12.3 Å². The van der Waals surface area contributed by atoms with Gasteiger partial charge in [0, 0.05) is 37.4 Å². The molecule has 3 rings (SSSR count). The van der Waals surface area contributed by atoms with Gasteiger partial charge in [0.05, 0.1) is 6.61 Å². The van der Waals surface area contributed by atoms with Gasteiger partial charge in [-0.3, -0.25) is 4.90 Å². The minimum absolute atomic E-state index is 0.475. The lowest BCUT2D eigenvalue weighted by molar-refractivity contribution is 0.324.